The van der Waals surface area contributed by atoms with Crippen LogP contribution < -0.4 is 5.32 Å². The molecule has 1 N–H and O–H groups in total. The van der Waals surface area contributed by atoms with Crippen molar-refractivity contribution in [3.05, 3.63) is 35.9 Å². The molecule has 0 amide bonds. The van der Waals surface area contributed by atoms with E-state index >= 15 is 0 Å². The lowest BCUT2D eigenvalue weighted by molar-refractivity contribution is 0.600. The number of halogens is 1. The molecule has 0 unspecified atom stereocenters. The van der Waals surface area contributed by atoms with Gasteiger partial charge < -0.3 is 5.32 Å². The van der Waals surface area contributed by atoms with Crippen LogP contribution >= 0.6 is 25.0 Å². The Labute approximate surface area is 91.7 Å². The van der Waals surface area contributed by atoms with Gasteiger partial charge in [-0.25, -0.2) is 0 Å². The highest BCUT2D eigenvalue weighted by Crippen LogP contribution is 2.22. The van der Waals surface area contributed by atoms with E-state index < -0.39 is 0 Å². The fourth-order valence-corrected chi connectivity index (χ4v) is 1.42. The Bertz CT molecular complexity index is 228. The zero-order valence-corrected chi connectivity index (χ0v) is 9.61. The first-order valence-electron chi connectivity index (χ1n) is 4.16. The van der Waals surface area contributed by atoms with Crippen LogP contribution in [-0.4, -0.2) is 13.1 Å². The smallest absolute Gasteiger partial charge is 0.0417 e. The van der Waals surface area contributed by atoms with Crippen LogP contribution in [0.15, 0.2) is 30.3 Å². The van der Waals surface area contributed by atoms with Crippen LogP contribution in [0, 0.1) is 0 Å². The average molecular weight is 218 g/mol. The molecular formula is C10H16ClNS. The number of hydrogen-bond acceptors (Lipinski definition) is 2. The van der Waals surface area contributed by atoms with Crippen LogP contribution in [0.25, 0.3) is 0 Å². The minimum Gasteiger partial charge on any atom is -0.316 e. The Hall–Kier alpha value is -0.180. The molecule has 0 radical (unpaired) electrons. The van der Waals surface area contributed by atoms with Crippen molar-refractivity contribution in [2.75, 3.05) is 7.05 Å². The van der Waals surface area contributed by atoms with E-state index in [0.717, 1.165) is 0 Å². The van der Waals surface area contributed by atoms with Crippen LogP contribution in [0.3, 0.4) is 0 Å². The number of hydrogen-bond donors (Lipinski definition) is 2. The van der Waals surface area contributed by atoms with Gasteiger partial charge in [-0.3, -0.25) is 0 Å². The molecule has 0 saturated heterocycles. The highest BCUT2D eigenvalue weighted by Gasteiger charge is 2.11. The molecule has 1 rings (SSSR count). The Morgan fingerprint density at radius 2 is 1.77 bits per heavy atom. The van der Waals surface area contributed by atoms with Crippen molar-refractivity contribution >= 4 is 25.0 Å². The molecule has 3 heteroatoms. The monoisotopic (exact) mass is 217 g/mol. The molecule has 0 aliphatic carbocycles. The third-order valence-corrected chi connectivity index (χ3v) is 2.82. The Balaban J connectivity index is 0.00000144. The predicted molar refractivity (Wildman–Crippen MR) is 63.9 cm³/mol. The molecule has 0 spiro atoms. The second-order valence-electron chi connectivity index (χ2n) is 2.93. The number of thiol groups is 1. The second kappa shape index (κ2) is 6.30. The van der Waals surface area contributed by atoms with Crippen molar-refractivity contribution in [1.82, 2.24) is 5.32 Å². The predicted octanol–water partition coefficient (Wildman–Crippen LogP) is 2.69. The fourth-order valence-electron chi connectivity index (χ4n) is 1.10. The largest absolute Gasteiger partial charge is 0.316 e. The molecule has 0 aromatic heterocycles. The third kappa shape index (κ3) is 3.59. The van der Waals surface area contributed by atoms with Crippen molar-refractivity contribution in [1.29, 1.82) is 0 Å². The van der Waals surface area contributed by atoms with Gasteiger partial charge in [-0.2, -0.15) is 12.6 Å². The summed E-state index contributed by atoms with van der Waals surface area (Å²) in [7, 11) is 1.96. The Morgan fingerprint density at radius 1 is 1.23 bits per heavy atom. The van der Waals surface area contributed by atoms with Gasteiger partial charge in [-0.15, -0.1) is 12.4 Å². The van der Waals surface area contributed by atoms with Crippen LogP contribution in [0.5, 0.6) is 0 Å². The zero-order chi connectivity index (χ0) is 8.97. The highest BCUT2D eigenvalue weighted by molar-refractivity contribution is 7.80. The maximum atomic E-state index is 4.53. The summed E-state index contributed by atoms with van der Waals surface area (Å²) in [6, 6.07) is 10.7. The van der Waals surface area contributed by atoms with Gasteiger partial charge >= 0.3 is 0 Å². The summed E-state index contributed by atoms with van der Waals surface area (Å²) in [5.74, 6) is 0. The van der Waals surface area contributed by atoms with Crippen molar-refractivity contribution in [3.8, 4) is 0 Å². The molecule has 13 heavy (non-hydrogen) atoms. The van der Waals surface area contributed by atoms with Crippen LogP contribution in [0.2, 0.25) is 0 Å². The molecule has 74 valence electrons. The first kappa shape index (κ1) is 12.8. The van der Waals surface area contributed by atoms with Crippen molar-refractivity contribution in [2.45, 2.75) is 18.2 Å². The molecule has 0 heterocycles. The van der Waals surface area contributed by atoms with Gasteiger partial charge in [0.15, 0.2) is 0 Å². The van der Waals surface area contributed by atoms with E-state index in [1.54, 1.807) is 0 Å². The number of benzene rings is 1. The van der Waals surface area contributed by atoms with Crippen LogP contribution in [0.1, 0.15) is 17.7 Å². The number of likely N-dealkylation sites (N-methyl/N-ethyl adjacent to an activating group) is 1. The first-order valence-corrected chi connectivity index (χ1v) is 4.67. The highest BCUT2D eigenvalue weighted by atomic mass is 35.5. The molecule has 0 saturated carbocycles. The van der Waals surface area contributed by atoms with Gasteiger partial charge in [0.05, 0.1) is 0 Å². The minimum atomic E-state index is 0. The maximum absolute atomic E-state index is 4.53. The van der Waals surface area contributed by atoms with E-state index in [9.17, 15) is 0 Å². The normalized spacial score (nSPS) is 14.4. The van der Waals surface area contributed by atoms with Gasteiger partial charge in [0.1, 0.15) is 0 Å². The maximum Gasteiger partial charge on any atom is 0.0417 e. The van der Waals surface area contributed by atoms with E-state index in [1.807, 2.05) is 25.2 Å². The van der Waals surface area contributed by atoms with Gasteiger partial charge in [0, 0.05) is 11.3 Å². The van der Waals surface area contributed by atoms with E-state index in [2.05, 4.69) is 37.0 Å². The summed E-state index contributed by atoms with van der Waals surface area (Å²) in [6.45, 7) is 2.13. The van der Waals surface area contributed by atoms with Gasteiger partial charge in [0.2, 0.25) is 0 Å². The van der Waals surface area contributed by atoms with Crippen molar-refractivity contribution in [2.24, 2.45) is 0 Å². The molecule has 1 nitrogen and oxygen atoms in total. The molecule has 0 bridgehead atoms. The molecular weight excluding hydrogens is 202 g/mol. The molecule has 0 fully saturated rings. The summed E-state index contributed by atoms with van der Waals surface area (Å²) < 4.78 is 0. The number of nitrogens with one attached hydrogen (secondary N) is 1. The summed E-state index contributed by atoms with van der Waals surface area (Å²) in [4.78, 5) is 0. The van der Waals surface area contributed by atoms with Crippen LogP contribution in [-0.2, 0) is 0 Å². The summed E-state index contributed by atoms with van der Waals surface area (Å²) >= 11 is 4.53. The molecule has 1 aromatic carbocycles. The van der Waals surface area contributed by atoms with Gasteiger partial charge in [-0.1, -0.05) is 30.3 Å². The van der Waals surface area contributed by atoms with Gasteiger partial charge in [0.25, 0.3) is 0 Å². The van der Waals surface area contributed by atoms with Crippen LogP contribution in [0.4, 0.5) is 0 Å². The minimum absolute atomic E-state index is 0. The fraction of sp³-hybridized carbons (Fsp3) is 0.400. The van der Waals surface area contributed by atoms with E-state index in [1.165, 1.54) is 5.56 Å². The quantitative estimate of drug-likeness (QED) is 0.742. The van der Waals surface area contributed by atoms with Crippen molar-refractivity contribution < 1.29 is 0 Å². The van der Waals surface area contributed by atoms with E-state index in [4.69, 9.17) is 0 Å². The topological polar surface area (TPSA) is 12.0 Å². The standard InChI is InChI=1S/C10H15NS.ClH/c1-8(11-2)10(12)9-6-4-3-5-7-9;/h3-8,10-12H,1-2H3;1H/t8-,10-;/m0./s1. The molecule has 0 aliphatic rings. The third-order valence-electron chi connectivity index (χ3n) is 2.07. The zero-order valence-electron chi connectivity index (χ0n) is 7.90. The van der Waals surface area contributed by atoms with E-state index in [-0.39, 0.29) is 17.7 Å². The Morgan fingerprint density at radius 3 is 2.23 bits per heavy atom. The van der Waals surface area contributed by atoms with E-state index in [0.29, 0.717) is 6.04 Å². The SMILES string of the molecule is CN[C@@H](C)[C@H](S)c1ccccc1.Cl. The summed E-state index contributed by atoms with van der Waals surface area (Å²) in [5.41, 5.74) is 1.27. The lowest BCUT2D eigenvalue weighted by Crippen LogP contribution is -2.25. The molecule has 1 aromatic rings. The average Bonchev–Trinajstić information content (AvgIpc) is 2.17. The summed E-state index contributed by atoms with van der Waals surface area (Å²) in [6.07, 6.45) is 0. The number of rotatable bonds is 3. The lowest BCUT2D eigenvalue weighted by Gasteiger charge is -2.18. The van der Waals surface area contributed by atoms with Gasteiger partial charge in [-0.05, 0) is 19.5 Å². The summed E-state index contributed by atoms with van der Waals surface area (Å²) in [5, 5.41) is 3.46. The second-order valence-corrected chi connectivity index (χ2v) is 3.49. The Kier molecular flexibility index (Phi) is 6.21. The lowest BCUT2D eigenvalue weighted by atomic mass is 10.1. The first-order chi connectivity index (χ1) is 5.75. The molecule has 0 aliphatic heterocycles. The molecule has 2 atom stereocenters. The van der Waals surface area contributed by atoms with Crippen molar-refractivity contribution in [3.63, 3.8) is 0 Å².